The van der Waals surface area contributed by atoms with Gasteiger partial charge in [-0.15, -0.1) is 0 Å². The van der Waals surface area contributed by atoms with Crippen molar-refractivity contribution in [3.05, 3.63) is 0 Å². The second-order valence-corrected chi connectivity index (χ2v) is 2.19. The van der Waals surface area contributed by atoms with Gasteiger partial charge in [-0.05, 0) is 18.8 Å². The molecule has 1 aliphatic heterocycles. The molecule has 1 unspecified atom stereocenters. The Hall–Kier alpha value is -0.0400. The third kappa shape index (κ3) is 0.243. The lowest BCUT2D eigenvalue weighted by atomic mass is 10.3. The average molecular weight is 84.1 g/mol. The van der Waals surface area contributed by atoms with Gasteiger partial charge in [-0.3, -0.25) is 0 Å². The van der Waals surface area contributed by atoms with Gasteiger partial charge in [0.1, 0.15) is 0 Å². The third-order valence-electron chi connectivity index (χ3n) is 1.68. The van der Waals surface area contributed by atoms with Crippen molar-refractivity contribution in [3.63, 3.8) is 0 Å². The van der Waals surface area contributed by atoms with Gasteiger partial charge in [0.15, 0.2) is 0 Å². The molecule has 0 aromatic rings. The van der Waals surface area contributed by atoms with Crippen molar-refractivity contribution < 1.29 is 4.74 Å². The highest BCUT2D eigenvalue weighted by Gasteiger charge is 2.42. The molecule has 34 valence electrons. The van der Waals surface area contributed by atoms with Crippen LogP contribution in [-0.2, 0) is 4.74 Å². The summed E-state index contributed by atoms with van der Waals surface area (Å²) in [5, 5.41) is 0. The quantitative estimate of drug-likeness (QED) is 0.421. The summed E-state index contributed by atoms with van der Waals surface area (Å²) >= 11 is 0. The smallest absolute Gasteiger partial charge is 0.0608 e. The lowest BCUT2D eigenvalue weighted by Crippen LogP contribution is -1.84. The van der Waals surface area contributed by atoms with Crippen molar-refractivity contribution in [3.8, 4) is 0 Å². The zero-order valence-corrected chi connectivity index (χ0v) is 3.68. The maximum absolute atomic E-state index is 5.23. The Kier molecular flexibility index (Phi) is 0.396. The number of ether oxygens (including phenoxy) is 1. The molecule has 0 radical (unpaired) electrons. The standard InChI is InChI=1S/C5H8O/c1-2-6-5-3-4(1)5/h4-5H,1-3H2/t4-,5?/m0/s1. The lowest BCUT2D eigenvalue weighted by molar-refractivity contribution is 0.156. The molecule has 0 spiro atoms. The molecule has 0 aromatic heterocycles. The van der Waals surface area contributed by atoms with Crippen molar-refractivity contribution in [2.24, 2.45) is 5.92 Å². The van der Waals surface area contributed by atoms with E-state index in [1.165, 1.54) is 12.8 Å². The Morgan fingerprint density at radius 3 is 2.67 bits per heavy atom. The molecule has 2 aliphatic rings. The molecule has 1 saturated carbocycles. The minimum Gasteiger partial charge on any atom is -0.378 e. The second kappa shape index (κ2) is 0.784. The van der Waals surface area contributed by atoms with Crippen molar-refractivity contribution >= 4 is 0 Å². The molecule has 1 heteroatoms. The summed E-state index contributed by atoms with van der Waals surface area (Å²) in [6.45, 7) is 1.04. The zero-order valence-electron chi connectivity index (χ0n) is 3.68. The van der Waals surface area contributed by atoms with Crippen LogP contribution >= 0.6 is 0 Å². The van der Waals surface area contributed by atoms with E-state index in [9.17, 15) is 0 Å². The fourth-order valence-corrected chi connectivity index (χ4v) is 1.10. The number of rotatable bonds is 0. The van der Waals surface area contributed by atoms with Gasteiger partial charge in [-0.25, -0.2) is 0 Å². The van der Waals surface area contributed by atoms with E-state index in [1.807, 2.05) is 0 Å². The van der Waals surface area contributed by atoms with Crippen molar-refractivity contribution in [1.82, 2.24) is 0 Å². The highest BCUT2D eigenvalue weighted by Crippen LogP contribution is 2.41. The van der Waals surface area contributed by atoms with Gasteiger partial charge in [0.25, 0.3) is 0 Å². The Bertz CT molecular complexity index is 62.3. The first kappa shape index (κ1) is 3.03. The molecule has 1 nitrogen and oxygen atoms in total. The Morgan fingerprint density at radius 1 is 1.50 bits per heavy atom. The van der Waals surface area contributed by atoms with Gasteiger partial charge in [-0.2, -0.15) is 0 Å². The van der Waals surface area contributed by atoms with Gasteiger partial charge < -0.3 is 4.74 Å². The van der Waals surface area contributed by atoms with E-state index in [-0.39, 0.29) is 0 Å². The Morgan fingerprint density at radius 2 is 2.50 bits per heavy atom. The summed E-state index contributed by atoms with van der Waals surface area (Å²) in [4.78, 5) is 0. The van der Waals surface area contributed by atoms with Crippen LogP contribution in [0, 0.1) is 5.92 Å². The third-order valence-corrected chi connectivity index (χ3v) is 1.68. The number of hydrogen-bond acceptors (Lipinski definition) is 1. The Labute approximate surface area is 37.3 Å². The van der Waals surface area contributed by atoms with E-state index in [2.05, 4.69) is 0 Å². The largest absolute Gasteiger partial charge is 0.378 e. The highest BCUT2D eigenvalue weighted by molar-refractivity contribution is 4.91. The van der Waals surface area contributed by atoms with E-state index >= 15 is 0 Å². The molecule has 2 fully saturated rings. The van der Waals surface area contributed by atoms with Crippen LogP contribution in [0.15, 0.2) is 0 Å². The van der Waals surface area contributed by atoms with E-state index < -0.39 is 0 Å². The summed E-state index contributed by atoms with van der Waals surface area (Å²) < 4.78 is 5.23. The summed E-state index contributed by atoms with van der Waals surface area (Å²) in [6, 6.07) is 0. The van der Waals surface area contributed by atoms with Gasteiger partial charge in [0.2, 0.25) is 0 Å². The summed E-state index contributed by atoms with van der Waals surface area (Å²) in [7, 11) is 0. The topological polar surface area (TPSA) is 9.23 Å². The summed E-state index contributed by atoms with van der Waals surface area (Å²) in [5.41, 5.74) is 0. The maximum Gasteiger partial charge on any atom is 0.0608 e. The Balaban J connectivity index is 2.09. The fourth-order valence-electron chi connectivity index (χ4n) is 1.10. The second-order valence-electron chi connectivity index (χ2n) is 2.19. The van der Waals surface area contributed by atoms with Gasteiger partial charge >= 0.3 is 0 Å². The van der Waals surface area contributed by atoms with Gasteiger partial charge in [-0.1, -0.05) is 0 Å². The SMILES string of the molecule is C1C[C@H]2CC2O1. The maximum atomic E-state index is 5.23. The lowest BCUT2D eigenvalue weighted by Gasteiger charge is -1.86. The molecule has 1 aliphatic carbocycles. The van der Waals surface area contributed by atoms with Crippen LogP contribution in [0.2, 0.25) is 0 Å². The molecule has 1 heterocycles. The summed E-state index contributed by atoms with van der Waals surface area (Å²) in [6.07, 6.45) is 3.41. The zero-order chi connectivity index (χ0) is 3.98. The van der Waals surface area contributed by atoms with Crippen LogP contribution in [0.25, 0.3) is 0 Å². The normalized spacial score (nSPS) is 52.0. The number of hydrogen-bond donors (Lipinski definition) is 0. The highest BCUT2D eigenvalue weighted by atomic mass is 16.5. The molecule has 6 heavy (non-hydrogen) atoms. The predicted octanol–water partition coefficient (Wildman–Crippen LogP) is 0.795. The molecule has 1 saturated heterocycles. The molecule has 0 aromatic carbocycles. The predicted molar refractivity (Wildman–Crippen MR) is 22.5 cm³/mol. The van der Waals surface area contributed by atoms with Crippen LogP contribution in [0.4, 0.5) is 0 Å². The van der Waals surface area contributed by atoms with Crippen LogP contribution in [0.3, 0.4) is 0 Å². The molecule has 0 amide bonds. The first-order valence-corrected chi connectivity index (χ1v) is 2.58. The van der Waals surface area contributed by atoms with E-state index in [0.717, 1.165) is 12.5 Å². The van der Waals surface area contributed by atoms with Gasteiger partial charge in [0, 0.05) is 6.61 Å². The molecule has 0 bridgehead atoms. The fraction of sp³-hybridized carbons (Fsp3) is 1.00. The van der Waals surface area contributed by atoms with Crippen LogP contribution in [-0.4, -0.2) is 12.7 Å². The van der Waals surface area contributed by atoms with Crippen molar-refractivity contribution in [1.29, 1.82) is 0 Å². The van der Waals surface area contributed by atoms with Gasteiger partial charge in [0.05, 0.1) is 6.10 Å². The minimum absolute atomic E-state index is 0.713. The van der Waals surface area contributed by atoms with E-state index in [4.69, 9.17) is 4.74 Å². The monoisotopic (exact) mass is 84.1 g/mol. The molecular formula is C5H8O. The van der Waals surface area contributed by atoms with E-state index in [0.29, 0.717) is 6.10 Å². The van der Waals surface area contributed by atoms with Crippen molar-refractivity contribution in [2.75, 3.05) is 6.61 Å². The van der Waals surface area contributed by atoms with Crippen LogP contribution in [0.1, 0.15) is 12.8 Å². The number of fused-ring (bicyclic) bond motifs is 1. The van der Waals surface area contributed by atoms with Crippen LogP contribution < -0.4 is 0 Å². The van der Waals surface area contributed by atoms with Crippen LogP contribution in [0.5, 0.6) is 0 Å². The molecule has 0 N–H and O–H groups in total. The molecule has 2 atom stereocenters. The first-order valence-electron chi connectivity index (χ1n) is 2.58. The molecule has 2 rings (SSSR count). The molecular weight excluding hydrogens is 76.1 g/mol. The van der Waals surface area contributed by atoms with Crippen molar-refractivity contribution in [2.45, 2.75) is 18.9 Å². The summed E-state index contributed by atoms with van der Waals surface area (Å²) in [5.74, 6) is 0.991. The minimum atomic E-state index is 0.713. The first-order chi connectivity index (χ1) is 2.97. The average Bonchev–Trinajstić information content (AvgIpc) is 2.17. The van der Waals surface area contributed by atoms with E-state index in [1.54, 1.807) is 0 Å².